The Bertz CT molecular complexity index is 639. The van der Waals surface area contributed by atoms with Crippen molar-refractivity contribution in [2.45, 2.75) is 0 Å². The van der Waals surface area contributed by atoms with Gasteiger partial charge in [-0.3, -0.25) is 4.98 Å². The van der Waals surface area contributed by atoms with Gasteiger partial charge in [0, 0.05) is 37.9 Å². The number of pyridine rings is 1. The zero-order chi connectivity index (χ0) is 14.8. The van der Waals surface area contributed by atoms with E-state index in [1.54, 1.807) is 6.20 Å². The average Bonchev–Trinajstić information content (AvgIpc) is 2.50. The summed E-state index contributed by atoms with van der Waals surface area (Å²) in [6, 6.07) is 2.05. The Hall–Kier alpha value is -1.92. The lowest BCUT2D eigenvalue weighted by Gasteiger charge is -2.33. The first-order chi connectivity index (χ1) is 10.1. The molecule has 1 aliphatic heterocycles. The van der Waals surface area contributed by atoms with Crippen molar-refractivity contribution >= 4 is 23.2 Å². The molecule has 21 heavy (non-hydrogen) atoms. The Morgan fingerprint density at radius 3 is 2.67 bits per heavy atom. The highest BCUT2D eigenvalue weighted by Gasteiger charge is 2.16. The van der Waals surface area contributed by atoms with Gasteiger partial charge in [-0.05, 0) is 13.1 Å². The maximum absolute atomic E-state index is 6.16. The summed E-state index contributed by atoms with van der Waals surface area (Å²) in [5.41, 5.74) is 8.19. The first-order valence-corrected chi connectivity index (χ1v) is 7.18. The van der Waals surface area contributed by atoms with Gasteiger partial charge >= 0.3 is 0 Å². The van der Waals surface area contributed by atoms with Crippen LogP contribution in [0.3, 0.4) is 0 Å². The van der Waals surface area contributed by atoms with E-state index in [4.69, 9.17) is 17.3 Å². The Labute approximate surface area is 128 Å². The van der Waals surface area contributed by atoms with Gasteiger partial charge in [-0.2, -0.15) is 0 Å². The van der Waals surface area contributed by atoms with Crippen molar-refractivity contribution in [2.24, 2.45) is 0 Å². The van der Waals surface area contributed by atoms with Crippen molar-refractivity contribution < 1.29 is 0 Å². The number of nitrogens with zero attached hydrogens (tertiary/aromatic N) is 5. The summed E-state index contributed by atoms with van der Waals surface area (Å²) in [5, 5.41) is 0.474. The zero-order valence-corrected chi connectivity index (χ0v) is 12.6. The quantitative estimate of drug-likeness (QED) is 0.907. The van der Waals surface area contributed by atoms with E-state index < -0.39 is 0 Å². The number of hydrogen-bond donors (Lipinski definition) is 1. The van der Waals surface area contributed by atoms with Gasteiger partial charge in [-0.15, -0.1) is 0 Å². The highest BCUT2D eigenvalue weighted by atomic mass is 35.5. The van der Waals surface area contributed by atoms with Crippen LogP contribution in [0, 0.1) is 0 Å². The van der Waals surface area contributed by atoms with Crippen LogP contribution in [-0.4, -0.2) is 53.1 Å². The van der Waals surface area contributed by atoms with Crippen molar-refractivity contribution in [1.82, 2.24) is 19.9 Å². The van der Waals surface area contributed by atoms with Gasteiger partial charge in [0.05, 0.1) is 28.8 Å². The maximum Gasteiger partial charge on any atom is 0.220 e. The minimum Gasteiger partial charge on any atom is -0.368 e. The van der Waals surface area contributed by atoms with Crippen molar-refractivity contribution in [3.8, 4) is 11.3 Å². The van der Waals surface area contributed by atoms with Gasteiger partial charge in [-0.25, -0.2) is 9.97 Å². The Morgan fingerprint density at radius 2 is 1.90 bits per heavy atom. The molecule has 2 aromatic heterocycles. The third-order valence-corrected chi connectivity index (χ3v) is 3.91. The summed E-state index contributed by atoms with van der Waals surface area (Å²) in [5.74, 6) is 0.208. The van der Waals surface area contributed by atoms with E-state index in [-0.39, 0.29) is 5.95 Å². The molecule has 1 saturated heterocycles. The summed E-state index contributed by atoms with van der Waals surface area (Å²) in [6.07, 6.45) is 5.13. The number of nitrogen functional groups attached to an aromatic ring is 1. The summed E-state index contributed by atoms with van der Waals surface area (Å²) < 4.78 is 0. The van der Waals surface area contributed by atoms with Gasteiger partial charge < -0.3 is 15.5 Å². The first-order valence-electron chi connectivity index (χ1n) is 6.80. The van der Waals surface area contributed by atoms with Gasteiger partial charge in [0.15, 0.2) is 0 Å². The number of halogens is 1. The lowest BCUT2D eigenvalue weighted by Crippen LogP contribution is -2.44. The third-order valence-electron chi connectivity index (χ3n) is 3.63. The molecule has 110 valence electrons. The second-order valence-electron chi connectivity index (χ2n) is 5.15. The van der Waals surface area contributed by atoms with E-state index in [2.05, 4.69) is 31.8 Å². The highest BCUT2D eigenvalue weighted by Crippen LogP contribution is 2.28. The number of piperazine rings is 1. The van der Waals surface area contributed by atoms with Crippen LogP contribution in [0.15, 0.2) is 24.7 Å². The van der Waals surface area contributed by atoms with Crippen molar-refractivity contribution in [3.63, 3.8) is 0 Å². The van der Waals surface area contributed by atoms with E-state index in [0.717, 1.165) is 37.4 Å². The molecule has 1 fully saturated rings. The SMILES string of the molecule is CN1CCN(c2cncc(-c3nc(N)ncc3Cl)c2)CC1. The van der Waals surface area contributed by atoms with Crippen molar-refractivity contribution in [2.75, 3.05) is 43.9 Å². The molecule has 0 amide bonds. The molecule has 0 radical (unpaired) electrons. The molecule has 0 atom stereocenters. The number of likely N-dealkylation sites (N-methyl/N-ethyl adjacent to an activating group) is 1. The fourth-order valence-electron chi connectivity index (χ4n) is 2.38. The molecular weight excluding hydrogens is 288 g/mol. The monoisotopic (exact) mass is 304 g/mol. The van der Waals surface area contributed by atoms with E-state index in [1.807, 2.05) is 12.3 Å². The second kappa shape index (κ2) is 5.83. The van der Waals surface area contributed by atoms with E-state index in [9.17, 15) is 0 Å². The number of aromatic nitrogens is 3. The van der Waals surface area contributed by atoms with Gasteiger partial charge in [0.1, 0.15) is 0 Å². The zero-order valence-electron chi connectivity index (χ0n) is 11.8. The molecule has 0 aliphatic carbocycles. The molecule has 3 rings (SSSR count). The molecule has 0 unspecified atom stereocenters. The van der Waals surface area contributed by atoms with Gasteiger partial charge in [0.2, 0.25) is 5.95 Å². The molecule has 0 spiro atoms. The van der Waals surface area contributed by atoms with Crippen LogP contribution in [-0.2, 0) is 0 Å². The Balaban J connectivity index is 1.91. The Morgan fingerprint density at radius 1 is 1.14 bits per heavy atom. The number of nitrogens with two attached hydrogens (primary N) is 1. The molecule has 0 bridgehead atoms. The summed E-state index contributed by atoms with van der Waals surface area (Å²) in [4.78, 5) is 17.0. The minimum atomic E-state index is 0.208. The van der Waals surface area contributed by atoms with E-state index in [0.29, 0.717) is 10.7 Å². The molecule has 6 nitrogen and oxygen atoms in total. The molecule has 7 heteroatoms. The number of hydrogen-bond acceptors (Lipinski definition) is 6. The number of rotatable bonds is 2. The van der Waals surface area contributed by atoms with Crippen LogP contribution < -0.4 is 10.6 Å². The normalized spacial score (nSPS) is 16.2. The molecule has 0 aromatic carbocycles. The topological polar surface area (TPSA) is 71.2 Å². The van der Waals surface area contributed by atoms with Crippen LogP contribution in [0.5, 0.6) is 0 Å². The van der Waals surface area contributed by atoms with Gasteiger partial charge in [0.25, 0.3) is 0 Å². The fraction of sp³-hybridized carbons (Fsp3) is 0.357. The van der Waals surface area contributed by atoms with Crippen LogP contribution >= 0.6 is 11.6 Å². The van der Waals surface area contributed by atoms with E-state index in [1.165, 1.54) is 6.20 Å². The molecule has 2 N–H and O–H groups in total. The first kappa shape index (κ1) is 14.0. The fourth-order valence-corrected chi connectivity index (χ4v) is 2.58. The molecule has 0 saturated carbocycles. The predicted molar refractivity (Wildman–Crippen MR) is 84.4 cm³/mol. The standard InChI is InChI=1S/C14H17ClN6/c1-20-2-4-21(5-3-20)11-6-10(7-17-8-11)13-12(15)9-18-14(16)19-13/h6-9H,2-5H2,1H3,(H2,16,18,19). The molecular formula is C14H17ClN6. The van der Waals surface area contributed by atoms with Gasteiger partial charge in [-0.1, -0.05) is 11.6 Å². The summed E-state index contributed by atoms with van der Waals surface area (Å²) >= 11 is 6.16. The molecule has 3 heterocycles. The Kier molecular flexibility index (Phi) is 3.90. The highest BCUT2D eigenvalue weighted by molar-refractivity contribution is 6.32. The molecule has 2 aromatic rings. The lowest BCUT2D eigenvalue weighted by molar-refractivity contribution is 0.313. The minimum absolute atomic E-state index is 0.208. The lowest BCUT2D eigenvalue weighted by atomic mass is 10.1. The number of anilines is 2. The second-order valence-corrected chi connectivity index (χ2v) is 5.55. The predicted octanol–water partition coefficient (Wildman–Crippen LogP) is 1.53. The summed E-state index contributed by atoms with van der Waals surface area (Å²) in [6.45, 7) is 4.07. The van der Waals surface area contributed by atoms with Crippen LogP contribution in [0.25, 0.3) is 11.3 Å². The van der Waals surface area contributed by atoms with Crippen molar-refractivity contribution in [1.29, 1.82) is 0 Å². The van der Waals surface area contributed by atoms with E-state index >= 15 is 0 Å². The van der Waals surface area contributed by atoms with Crippen LogP contribution in [0.2, 0.25) is 5.02 Å². The van der Waals surface area contributed by atoms with Crippen LogP contribution in [0.4, 0.5) is 11.6 Å². The largest absolute Gasteiger partial charge is 0.368 e. The van der Waals surface area contributed by atoms with Crippen molar-refractivity contribution in [3.05, 3.63) is 29.7 Å². The van der Waals surface area contributed by atoms with Crippen LogP contribution in [0.1, 0.15) is 0 Å². The average molecular weight is 305 g/mol. The third kappa shape index (κ3) is 3.06. The smallest absolute Gasteiger partial charge is 0.220 e. The molecule has 1 aliphatic rings. The summed E-state index contributed by atoms with van der Waals surface area (Å²) in [7, 11) is 2.13. The maximum atomic E-state index is 6.16.